The SMILES string of the molecule is CN(Cc1ccc2c(c1)OCCO2)C(=O)C1CNC(=O)C1. The maximum Gasteiger partial charge on any atom is 0.228 e. The number of fused-ring (bicyclic) bond motifs is 1. The largest absolute Gasteiger partial charge is 0.486 e. The fourth-order valence-corrected chi connectivity index (χ4v) is 2.63. The first-order valence-electron chi connectivity index (χ1n) is 7.03. The summed E-state index contributed by atoms with van der Waals surface area (Å²) in [5, 5.41) is 2.69. The molecule has 6 heteroatoms. The zero-order valence-electron chi connectivity index (χ0n) is 11.9. The number of benzene rings is 1. The van der Waals surface area contributed by atoms with Crippen LogP contribution in [-0.2, 0) is 16.1 Å². The second kappa shape index (κ2) is 5.63. The molecule has 0 radical (unpaired) electrons. The maximum absolute atomic E-state index is 12.3. The van der Waals surface area contributed by atoms with Gasteiger partial charge >= 0.3 is 0 Å². The van der Waals surface area contributed by atoms with Crippen molar-refractivity contribution in [2.24, 2.45) is 5.92 Å². The van der Waals surface area contributed by atoms with Crippen LogP contribution in [-0.4, -0.2) is 43.5 Å². The van der Waals surface area contributed by atoms with Crippen molar-refractivity contribution in [1.29, 1.82) is 0 Å². The molecule has 3 rings (SSSR count). The Bertz CT molecular complexity index is 573. The van der Waals surface area contributed by atoms with Crippen LogP contribution in [0, 0.1) is 5.92 Å². The molecule has 112 valence electrons. The van der Waals surface area contributed by atoms with Crippen molar-refractivity contribution in [3.63, 3.8) is 0 Å². The lowest BCUT2D eigenvalue weighted by molar-refractivity contribution is -0.135. The van der Waals surface area contributed by atoms with Gasteiger partial charge in [0.1, 0.15) is 13.2 Å². The minimum Gasteiger partial charge on any atom is -0.486 e. The molecule has 0 bridgehead atoms. The molecule has 6 nitrogen and oxygen atoms in total. The van der Waals surface area contributed by atoms with Crippen LogP contribution < -0.4 is 14.8 Å². The third-order valence-electron chi connectivity index (χ3n) is 3.73. The van der Waals surface area contributed by atoms with Crippen molar-refractivity contribution < 1.29 is 19.1 Å². The van der Waals surface area contributed by atoms with Gasteiger partial charge in [-0.1, -0.05) is 6.07 Å². The number of hydrogen-bond donors (Lipinski definition) is 1. The smallest absolute Gasteiger partial charge is 0.228 e. The Morgan fingerprint density at radius 2 is 2.10 bits per heavy atom. The first-order valence-corrected chi connectivity index (χ1v) is 7.03. The topological polar surface area (TPSA) is 67.9 Å². The standard InChI is InChI=1S/C15H18N2O4/c1-17(15(19)11-7-14(18)16-8-11)9-10-2-3-12-13(6-10)21-5-4-20-12/h2-3,6,11H,4-5,7-9H2,1H3,(H,16,18). The molecule has 1 aromatic rings. The van der Waals surface area contributed by atoms with Crippen molar-refractivity contribution >= 4 is 11.8 Å². The Labute approximate surface area is 123 Å². The number of hydrogen-bond acceptors (Lipinski definition) is 4. The van der Waals surface area contributed by atoms with Gasteiger partial charge in [-0.05, 0) is 17.7 Å². The Hall–Kier alpha value is -2.24. The van der Waals surface area contributed by atoms with E-state index in [-0.39, 0.29) is 24.2 Å². The van der Waals surface area contributed by atoms with Crippen LogP contribution in [0.4, 0.5) is 0 Å². The quantitative estimate of drug-likeness (QED) is 0.883. The van der Waals surface area contributed by atoms with Crippen LogP contribution in [0.2, 0.25) is 0 Å². The molecular weight excluding hydrogens is 272 g/mol. The highest BCUT2D eigenvalue weighted by molar-refractivity contribution is 5.89. The van der Waals surface area contributed by atoms with Gasteiger partial charge in [0.25, 0.3) is 0 Å². The number of carbonyl (C=O) groups excluding carboxylic acids is 2. The number of carbonyl (C=O) groups is 2. The van der Waals surface area contributed by atoms with Gasteiger partial charge in [-0.25, -0.2) is 0 Å². The van der Waals surface area contributed by atoms with Crippen LogP contribution in [0.5, 0.6) is 11.5 Å². The van der Waals surface area contributed by atoms with Gasteiger partial charge in [-0.15, -0.1) is 0 Å². The number of amides is 2. The van der Waals surface area contributed by atoms with E-state index < -0.39 is 0 Å². The second-order valence-electron chi connectivity index (χ2n) is 5.38. The molecule has 2 amide bonds. The van der Waals surface area contributed by atoms with Gasteiger partial charge in [-0.2, -0.15) is 0 Å². The molecule has 21 heavy (non-hydrogen) atoms. The van der Waals surface area contributed by atoms with E-state index in [0.717, 1.165) is 17.1 Å². The fraction of sp³-hybridized carbons (Fsp3) is 0.467. The molecule has 1 saturated heterocycles. The van der Waals surface area contributed by atoms with Crippen LogP contribution >= 0.6 is 0 Å². The van der Waals surface area contributed by atoms with Gasteiger partial charge in [-0.3, -0.25) is 9.59 Å². The number of rotatable bonds is 3. The summed E-state index contributed by atoms with van der Waals surface area (Å²) in [6, 6.07) is 5.69. The molecule has 2 aliphatic heterocycles. The van der Waals surface area contributed by atoms with E-state index in [1.54, 1.807) is 11.9 Å². The van der Waals surface area contributed by atoms with Gasteiger partial charge in [0.15, 0.2) is 11.5 Å². The van der Waals surface area contributed by atoms with E-state index in [2.05, 4.69) is 5.32 Å². The predicted molar refractivity (Wildman–Crippen MR) is 75.0 cm³/mol. The lowest BCUT2D eigenvalue weighted by Crippen LogP contribution is -2.33. The molecule has 2 heterocycles. The van der Waals surface area contributed by atoms with Crippen LogP contribution in [0.1, 0.15) is 12.0 Å². The molecule has 1 N–H and O–H groups in total. The van der Waals surface area contributed by atoms with E-state index in [1.165, 1.54) is 0 Å². The van der Waals surface area contributed by atoms with E-state index >= 15 is 0 Å². The first-order chi connectivity index (χ1) is 10.1. The first kappa shape index (κ1) is 13.7. The van der Waals surface area contributed by atoms with Crippen molar-refractivity contribution in [1.82, 2.24) is 10.2 Å². The highest BCUT2D eigenvalue weighted by Gasteiger charge is 2.30. The summed E-state index contributed by atoms with van der Waals surface area (Å²) < 4.78 is 11.0. The highest BCUT2D eigenvalue weighted by atomic mass is 16.6. The summed E-state index contributed by atoms with van der Waals surface area (Å²) in [5.41, 5.74) is 0.979. The normalized spacial score (nSPS) is 20.0. The van der Waals surface area contributed by atoms with Crippen molar-refractivity contribution in [2.45, 2.75) is 13.0 Å². The average Bonchev–Trinajstić information content (AvgIpc) is 2.93. The summed E-state index contributed by atoms with van der Waals surface area (Å²) in [6.07, 6.45) is 0.282. The highest BCUT2D eigenvalue weighted by Crippen LogP contribution is 2.31. The van der Waals surface area contributed by atoms with Gasteiger partial charge in [0, 0.05) is 26.6 Å². The minimum atomic E-state index is -0.250. The van der Waals surface area contributed by atoms with Crippen molar-refractivity contribution in [3.8, 4) is 11.5 Å². The maximum atomic E-state index is 12.3. The summed E-state index contributed by atoms with van der Waals surface area (Å²) >= 11 is 0. The monoisotopic (exact) mass is 290 g/mol. The van der Waals surface area contributed by atoms with Crippen LogP contribution in [0.15, 0.2) is 18.2 Å². The molecular formula is C15H18N2O4. The Balaban J connectivity index is 1.65. The zero-order valence-corrected chi connectivity index (χ0v) is 11.9. The van der Waals surface area contributed by atoms with E-state index in [1.807, 2.05) is 18.2 Å². The lowest BCUT2D eigenvalue weighted by atomic mass is 10.1. The van der Waals surface area contributed by atoms with Crippen molar-refractivity contribution in [3.05, 3.63) is 23.8 Å². The van der Waals surface area contributed by atoms with Gasteiger partial charge < -0.3 is 19.7 Å². The van der Waals surface area contributed by atoms with Gasteiger partial charge in [0.2, 0.25) is 11.8 Å². The predicted octanol–water partition coefficient (Wildman–Crippen LogP) is 0.552. The molecule has 1 aromatic carbocycles. The third-order valence-corrected chi connectivity index (χ3v) is 3.73. The van der Waals surface area contributed by atoms with Crippen molar-refractivity contribution in [2.75, 3.05) is 26.8 Å². The molecule has 0 aliphatic carbocycles. The summed E-state index contributed by atoms with van der Waals surface area (Å²) in [4.78, 5) is 25.1. The Morgan fingerprint density at radius 3 is 2.81 bits per heavy atom. The number of nitrogens with zero attached hydrogens (tertiary/aromatic N) is 1. The Kier molecular flexibility index (Phi) is 3.68. The van der Waals surface area contributed by atoms with Crippen LogP contribution in [0.3, 0.4) is 0 Å². The molecule has 1 unspecified atom stereocenters. The second-order valence-corrected chi connectivity index (χ2v) is 5.38. The number of nitrogens with one attached hydrogen (secondary N) is 1. The zero-order chi connectivity index (χ0) is 14.8. The molecule has 0 spiro atoms. The van der Waals surface area contributed by atoms with Crippen LogP contribution in [0.25, 0.3) is 0 Å². The molecule has 1 fully saturated rings. The van der Waals surface area contributed by atoms with E-state index in [0.29, 0.717) is 26.3 Å². The average molecular weight is 290 g/mol. The molecule has 1 atom stereocenters. The number of ether oxygens (including phenoxy) is 2. The summed E-state index contributed by atoms with van der Waals surface area (Å²) in [6.45, 7) is 2.03. The summed E-state index contributed by atoms with van der Waals surface area (Å²) in [5.74, 6) is 1.14. The van der Waals surface area contributed by atoms with Gasteiger partial charge in [0.05, 0.1) is 5.92 Å². The third kappa shape index (κ3) is 2.94. The molecule has 0 saturated carbocycles. The molecule has 2 aliphatic rings. The van der Waals surface area contributed by atoms with E-state index in [9.17, 15) is 9.59 Å². The fourth-order valence-electron chi connectivity index (χ4n) is 2.63. The lowest BCUT2D eigenvalue weighted by Gasteiger charge is -2.22. The molecule has 0 aromatic heterocycles. The minimum absolute atomic E-state index is 0.0109. The Morgan fingerprint density at radius 1 is 1.33 bits per heavy atom. The summed E-state index contributed by atoms with van der Waals surface area (Å²) in [7, 11) is 1.75. The van der Waals surface area contributed by atoms with E-state index in [4.69, 9.17) is 9.47 Å².